The molecule has 0 aliphatic carbocycles. The van der Waals surface area contributed by atoms with Gasteiger partial charge in [0.15, 0.2) is 6.79 Å². The lowest BCUT2D eigenvalue weighted by atomic mass is 10.2. The summed E-state index contributed by atoms with van der Waals surface area (Å²) in [7, 11) is 3.31. The second-order valence-corrected chi connectivity index (χ2v) is 3.24. The zero-order valence-corrected chi connectivity index (χ0v) is 9.77. The van der Waals surface area contributed by atoms with Crippen LogP contribution in [0.5, 0.6) is 5.75 Å². The van der Waals surface area contributed by atoms with Gasteiger partial charge in [-0.1, -0.05) is 12.1 Å². The van der Waals surface area contributed by atoms with Crippen molar-refractivity contribution in [1.82, 2.24) is 0 Å². The van der Waals surface area contributed by atoms with E-state index in [0.717, 1.165) is 11.3 Å². The van der Waals surface area contributed by atoms with E-state index in [-0.39, 0.29) is 6.79 Å². The van der Waals surface area contributed by atoms with Gasteiger partial charge < -0.3 is 18.9 Å². The molecule has 1 rings (SSSR count). The number of methoxy groups -OCH3 is 2. The lowest BCUT2D eigenvalue weighted by Crippen LogP contribution is -2.07. The van der Waals surface area contributed by atoms with E-state index in [4.69, 9.17) is 18.9 Å². The molecule has 0 aromatic heterocycles. The fourth-order valence-electron chi connectivity index (χ4n) is 1.16. The van der Waals surface area contributed by atoms with Crippen molar-refractivity contribution in [3.05, 3.63) is 29.8 Å². The zero-order chi connectivity index (χ0) is 11.6. The van der Waals surface area contributed by atoms with E-state index < -0.39 is 0 Å². The first-order chi connectivity index (χ1) is 7.86. The molecular formula is C12H18O4. The molecule has 0 fully saturated rings. The minimum atomic E-state index is 0.243. The van der Waals surface area contributed by atoms with Gasteiger partial charge in [-0.3, -0.25) is 0 Å². The van der Waals surface area contributed by atoms with Crippen molar-refractivity contribution >= 4 is 0 Å². The highest BCUT2D eigenvalue weighted by Gasteiger charge is 1.95. The van der Waals surface area contributed by atoms with Crippen LogP contribution in [-0.4, -0.2) is 34.2 Å². The van der Waals surface area contributed by atoms with Gasteiger partial charge in [-0.05, 0) is 17.7 Å². The minimum Gasteiger partial charge on any atom is -0.468 e. The van der Waals surface area contributed by atoms with E-state index in [0.29, 0.717) is 19.8 Å². The fourth-order valence-corrected chi connectivity index (χ4v) is 1.16. The molecule has 90 valence electrons. The molecule has 0 radical (unpaired) electrons. The summed E-state index contributed by atoms with van der Waals surface area (Å²) in [5, 5.41) is 0. The summed E-state index contributed by atoms with van der Waals surface area (Å²) in [5.41, 5.74) is 1.12. The first kappa shape index (κ1) is 13.0. The number of benzene rings is 1. The van der Waals surface area contributed by atoms with Gasteiger partial charge in [-0.2, -0.15) is 0 Å². The van der Waals surface area contributed by atoms with Crippen LogP contribution in [0.15, 0.2) is 24.3 Å². The molecular weight excluding hydrogens is 208 g/mol. The van der Waals surface area contributed by atoms with Crippen LogP contribution < -0.4 is 4.74 Å². The van der Waals surface area contributed by atoms with Crippen molar-refractivity contribution in [3.63, 3.8) is 0 Å². The second-order valence-electron chi connectivity index (χ2n) is 3.24. The standard InChI is InChI=1S/C12H18O4/c1-13-7-8-15-10-16-12-5-3-11(4-6-12)9-14-2/h3-6H,7-10H2,1-2H3. The molecule has 1 aromatic rings. The van der Waals surface area contributed by atoms with Gasteiger partial charge in [0.2, 0.25) is 0 Å². The molecule has 0 N–H and O–H groups in total. The smallest absolute Gasteiger partial charge is 0.189 e. The Morgan fingerprint density at radius 3 is 2.31 bits per heavy atom. The second kappa shape index (κ2) is 8.10. The molecule has 0 spiro atoms. The van der Waals surface area contributed by atoms with Crippen LogP contribution in [-0.2, 0) is 20.8 Å². The van der Waals surface area contributed by atoms with Crippen LogP contribution in [0.25, 0.3) is 0 Å². The molecule has 0 unspecified atom stereocenters. The summed E-state index contributed by atoms with van der Waals surface area (Å²) < 4.78 is 20.4. The van der Waals surface area contributed by atoms with E-state index in [1.807, 2.05) is 24.3 Å². The Bertz CT molecular complexity index is 271. The highest BCUT2D eigenvalue weighted by atomic mass is 16.7. The molecule has 0 bridgehead atoms. The van der Waals surface area contributed by atoms with Crippen LogP contribution >= 0.6 is 0 Å². The lowest BCUT2D eigenvalue weighted by Gasteiger charge is -2.07. The molecule has 0 atom stereocenters. The van der Waals surface area contributed by atoms with Crippen LogP contribution in [0.2, 0.25) is 0 Å². The van der Waals surface area contributed by atoms with Crippen LogP contribution in [0.3, 0.4) is 0 Å². The van der Waals surface area contributed by atoms with E-state index >= 15 is 0 Å². The Morgan fingerprint density at radius 1 is 0.938 bits per heavy atom. The molecule has 1 aromatic carbocycles. The molecule has 0 saturated heterocycles. The van der Waals surface area contributed by atoms with Crippen molar-refractivity contribution in [2.45, 2.75) is 6.61 Å². The van der Waals surface area contributed by atoms with Gasteiger partial charge >= 0.3 is 0 Å². The third-order valence-electron chi connectivity index (χ3n) is 1.98. The summed E-state index contributed by atoms with van der Waals surface area (Å²) in [6, 6.07) is 7.73. The predicted molar refractivity (Wildman–Crippen MR) is 60.5 cm³/mol. The maximum absolute atomic E-state index is 5.37. The van der Waals surface area contributed by atoms with Gasteiger partial charge in [-0.15, -0.1) is 0 Å². The van der Waals surface area contributed by atoms with E-state index in [9.17, 15) is 0 Å². The molecule has 0 heterocycles. The third-order valence-corrected chi connectivity index (χ3v) is 1.98. The number of hydrogen-bond donors (Lipinski definition) is 0. The number of rotatable bonds is 8. The van der Waals surface area contributed by atoms with E-state index in [1.54, 1.807) is 14.2 Å². The summed E-state index contributed by atoms with van der Waals surface area (Å²) in [4.78, 5) is 0. The number of ether oxygens (including phenoxy) is 4. The maximum atomic E-state index is 5.37. The monoisotopic (exact) mass is 226 g/mol. The Hall–Kier alpha value is -1.10. The van der Waals surface area contributed by atoms with Crippen LogP contribution in [0.1, 0.15) is 5.56 Å². The average molecular weight is 226 g/mol. The first-order valence-corrected chi connectivity index (χ1v) is 5.14. The normalized spacial score (nSPS) is 10.4. The fraction of sp³-hybridized carbons (Fsp3) is 0.500. The van der Waals surface area contributed by atoms with E-state index in [2.05, 4.69) is 0 Å². The highest BCUT2D eigenvalue weighted by molar-refractivity contribution is 5.26. The molecule has 16 heavy (non-hydrogen) atoms. The Balaban J connectivity index is 2.21. The van der Waals surface area contributed by atoms with Gasteiger partial charge in [0.25, 0.3) is 0 Å². The third kappa shape index (κ3) is 5.11. The van der Waals surface area contributed by atoms with Crippen molar-refractivity contribution in [1.29, 1.82) is 0 Å². The Morgan fingerprint density at radius 2 is 1.69 bits per heavy atom. The molecule has 0 saturated carbocycles. The summed E-state index contributed by atoms with van der Waals surface area (Å²) in [5.74, 6) is 0.789. The predicted octanol–water partition coefficient (Wildman–Crippen LogP) is 1.83. The molecule has 4 nitrogen and oxygen atoms in total. The molecule has 0 aliphatic heterocycles. The summed E-state index contributed by atoms with van der Waals surface area (Å²) in [6.07, 6.45) is 0. The van der Waals surface area contributed by atoms with Crippen molar-refractivity contribution in [3.8, 4) is 5.75 Å². The SMILES string of the molecule is COCCOCOc1ccc(COC)cc1. The minimum absolute atomic E-state index is 0.243. The molecule has 4 heteroatoms. The van der Waals surface area contributed by atoms with Gasteiger partial charge in [0.05, 0.1) is 19.8 Å². The Kier molecular flexibility index (Phi) is 6.56. The molecule has 0 amide bonds. The zero-order valence-electron chi connectivity index (χ0n) is 9.77. The first-order valence-electron chi connectivity index (χ1n) is 5.14. The van der Waals surface area contributed by atoms with Gasteiger partial charge in [0, 0.05) is 14.2 Å². The molecule has 0 aliphatic rings. The van der Waals surface area contributed by atoms with Crippen molar-refractivity contribution in [2.75, 3.05) is 34.2 Å². The topological polar surface area (TPSA) is 36.9 Å². The van der Waals surface area contributed by atoms with Crippen molar-refractivity contribution < 1.29 is 18.9 Å². The van der Waals surface area contributed by atoms with Gasteiger partial charge in [-0.25, -0.2) is 0 Å². The van der Waals surface area contributed by atoms with E-state index in [1.165, 1.54) is 0 Å². The van der Waals surface area contributed by atoms with Crippen LogP contribution in [0, 0.1) is 0 Å². The van der Waals surface area contributed by atoms with Crippen LogP contribution in [0.4, 0.5) is 0 Å². The lowest BCUT2D eigenvalue weighted by molar-refractivity contribution is -0.00848. The maximum Gasteiger partial charge on any atom is 0.189 e. The number of hydrogen-bond acceptors (Lipinski definition) is 4. The van der Waals surface area contributed by atoms with Gasteiger partial charge in [0.1, 0.15) is 5.75 Å². The summed E-state index contributed by atoms with van der Waals surface area (Å²) in [6.45, 7) is 1.98. The Labute approximate surface area is 96.1 Å². The largest absolute Gasteiger partial charge is 0.468 e. The quantitative estimate of drug-likeness (QED) is 0.500. The average Bonchev–Trinajstić information content (AvgIpc) is 2.31. The summed E-state index contributed by atoms with van der Waals surface area (Å²) >= 11 is 0. The highest BCUT2D eigenvalue weighted by Crippen LogP contribution is 2.12. The van der Waals surface area contributed by atoms with Crippen molar-refractivity contribution in [2.24, 2.45) is 0 Å².